The Balaban J connectivity index is 2.06. The van der Waals surface area contributed by atoms with Crippen molar-refractivity contribution in [1.82, 2.24) is 4.90 Å². The van der Waals surface area contributed by atoms with Crippen molar-refractivity contribution in [3.8, 4) is 5.75 Å². The summed E-state index contributed by atoms with van der Waals surface area (Å²) in [6.07, 6.45) is 0. The van der Waals surface area contributed by atoms with Crippen molar-refractivity contribution in [2.45, 2.75) is 6.04 Å². The lowest BCUT2D eigenvalue weighted by molar-refractivity contribution is -0.384. The molecule has 3 N–H and O–H groups in total. The molecule has 1 aliphatic rings. The Bertz CT molecular complexity index is 1030. The predicted molar refractivity (Wildman–Crippen MR) is 108 cm³/mol. The van der Waals surface area contributed by atoms with Crippen molar-refractivity contribution in [1.29, 1.82) is 0 Å². The summed E-state index contributed by atoms with van der Waals surface area (Å²) in [6, 6.07) is 9.86. The number of nitrogens with zero attached hydrogens (tertiary/aromatic N) is 2. The first-order valence-electron chi connectivity index (χ1n) is 9.36. The summed E-state index contributed by atoms with van der Waals surface area (Å²) in [5, 5.41) is 40.4. The Hall–Kier alpha value is -3.76. The molecule has 1 saturated heterocycles. The van der Waals surface area contributed by atoms with Gasteiger partial charge in [-0.2, -0.15) is 0 Å². The van der Waals surface area contributed by atoms with Gasteiger partial charge in [0.2, 0.25) is 0 Å². The van der Waals surface area contributed by atoms with Gasteiger partial charge in [-0.3, -0.25) is 19.7 Å². The minimum Gasteiger partial charge on any atom is -0.508 e. The fourth-order valence-electron chi connectivity index (χ4n) is 3.38. The number of benzene rings is 2. The minimum absolute atomic E-state index is 0.00192. The third-order valence-electron chi connectivity index (χ3n) is 4.79. The second-order valence-corrected chi connectivity index (χ2v) is 6.73. The molecule has 2 aromatic rings. The van der Waals surface area contributed by atoms with E-state index >= 15 is 0 Å². The summed E-state index contributed by atoms with van der Waals surface area (Å²) in [6.45, 7) is -0.0964. The normalized spacial score (nSPS) is 17.8. The molecule has 0 unspecified atom stereocenters. The molecular weight excluding hydrogens is 408 g/mol. The molecule has 31 heavy (non-hydrogen) atoms. The summed E-state index contributed by atoms with van der Waals surface area (Å²) >= 11 is 0. The molecule has 1 fully saturated rings. The van der Waals surface area contributed by atoms with E-state index in [0.29, 0.717) is 5.56 Å². The molecule has 10 heteroatoms. The smallest absolute Gasteiger partial charge is 0.295 e. The van der Waals surface area contributed by atoms with Crippen molar-refractivity contribution in [2.24, 2.45) is 0 Å². The van der Waals surface area contributed by atoms with Crippen LogP contribution in [0.4, 0.5) is 5.69 Å². The number of phenolic OH excluding ortho intramolecular Hbond substituents is 1. The number of aliphatic hydroxyl groups is 2. The van der Waals surface area contributed by atoms with Crippen LogP contribution in [0.25, 0.3) is 5.76 Å². The van der Waals surface area contributed by atoms with Crippen LogP contribution in [-0.2, 0) is 14.3 Å². The van der Waals surface area contributed by atoms with Gasteiger partial charge in [0.25, 0.3) is 17.4 Å². The third-order valence-corrected chi connectivity index (χ3v) is 4.79. The van der Waals surface area contributed by atoms with E-state index in [1.807, 2.05) is 0 Å². The number of hydrogen-bond acceptors (Lipinski definition) is 8. The number of Topliss-reactive ketones (excluding diaryl/α,β-unsaturated/α-hetero) is 1. The van der Waals surface area contributed by atoms with E-state index < -0.39 is 28.4 Å². The lowest BCUT2D eigenvalue weighted by Crippen LogP contribution is -2.33. The zero-order chi connectivity index (χ0) is 22.5. The summed E-state index contributed by atoms with van der Waals surface area (Å²) in [5.74, 6) is -2.36. The lowest BCUT2D eigenvalue weighted by atomic mass is 9.95. The fraction of sp³-hybridized carbons (Fsp3) is 0.238. The van der Waals surface area contributed by atoms with E-state index in [1.165, 1.54) is 41.3 Å². The molecule has 3 rings (SSSR count). The molecule has 1 atom stereocenters. The molecule has 0 spiro atoms. The second kappa shape index (κ2) is 9.37. The van der Waals surface area contributed by atoms with Crippen LogP contribution in [-0.4, -0.2) is 63.2 Å². The number of carbonyl (C=O) groups excluding carboxylic acids is 2. The van der Waals surface area contributed by atoms with Crippen LogP contribution in [0.2, 0.25) is 0 Å². The SMILES string of the molecule is O=C1C(=O)N(CCOCCO)[C@@H](c2cccc(O)c2)C1=C(O)c1ccc([N+](=O)[O-])cc1. The number of aromatic hydroxyl groups is 1. The number of phenols is 1. The molecule has 10 nitrogen and oxygen atoms in total. The summed E-state index contributed by atoms with van der Waals surface area (Å²) < 4.78 is 5.21. The van der Waals surface area contributed by atoms with Crippen molar-refractivity contribution in [3.63, 3.8) is 0 Å². The Morgan fingerprint density at radius 2 is 1.84 bits per heavy atom. The number of carbonyl (C=O) groups is 2. The van der Waals surface area contributed by atoms with Gasteiger partial charge in [-0.25, -0.2) is 0 Å². The van der Waals surface area contributed by atoms with Crippen molar-refractivity contribution >= 4 is 23.1 Å². The minimum atomic E-state index is -1.000. The van der Waals surface area contributed by atoms with E-state index in [1.54, 1.807) is 12.1 Å². The Morgan fingerprint density at radius 3 is 2.45 bits per heavy atom. The molecule has 2 aromatic carbocycles. The number of likely N-dealkylation sites (tertiary alicyclic amines) is 1. The maximum atomic E-state index is 12.8. The van der Waals surface area contributed by atoms with Crippen LogP contribution in [0.3, 0.4) is 0 Å². The van der Waals surface area contributed by atoms with Gasteiger partial charge in [-0.05, 0) is 29.8 Å². The molecule has 0 aromatic heterocycles. The number of ketones is 1. The topological polar surface area (TPSA) is 150 Å². The lowest BCUT2D eigenvalue weighted by Gasteiger charge is -2.25. The van der Waals surface area contributed by atoms with Crippen LogP contribution < -0.4 is 0 Å². The van der Waals surface area contributed by atoms with Crippen LogP contribution in [0.15, 0.2) is 54.1 Å². The van der Waals surface area contributed by atoms with Crippen LogP contribution in [0, 0.1) is 10.1 Å². The Morgan fingerprint density at radius 1 is 1.13 bits per heavy atom. The highest BCUT2D eigenvalue weighted by Gasteiger charge is 2.46. The zero-order valence-corrected chi connectivity index (χ0v) is 16.3. The van der Waals surface area contributed by atoms with Gasteiger partial charge in [0.05, 0.1) is 36.4 Å². The molecule has 0 radical (unpaired) electrons. The number of hydrogen-bond donors (Lipinski definition) is 3. The van der Waals surface area contributed by atoms with E-state index in [-0.39, 0.29) is 48.9 Å². The number of amides is 1. The highest BCUT2D eigenvalue weighted by Crippen LogP contribution is 2.40. The number of aliphatic hydroxyl groups excluding tert-OH is 2. The highest BCUT2D eigenvalue weighted by molar-refractivity contribution is 6.46. The largest absolute Gasteiger partial charge is 0.508 e. The standard InChI is InChI=1S/C21H20N2O8/c24-9-11-31-10-8-22-18(14-2-1-3-16(25)12-14)17(20(27)21(22)28)19(26)13-4-6-15(7-5-13)23(29)30/h1-7,12,18,24-26H,8-11H2/t18-/m0/s1. The van der Waals surface area contributed by atoms with Crippen LogP contribution in [0.5, 0.6) is 5.75 Å². The van der Waals surface area contributed by atoms with E-state index in [4.69, 9.17) is 9.84 Å². The number of nitro groups is 1. The van der Waals surface area contributed by atoms with Gasteiger partial charge in [0.1, 0.15) is 11.5 Å². The average molecular weight is 428 g/mol. The summed E-state index contributed by atoms with van der Waals surface area (Å²) in [5.41, 5.74) is 0.129. The van der Waals surface area contributed by atoms with Gasteiger partial charge in [0, 0.05) is 24.2 Å². The molecule has 1 amide bonds. The Kier molecular flexibility index (Phi) is 6.63. The fourth-order valence-corrected chi connectivity index (χ4v) is 3.38. The maximum absolute atomic E-state index is 12.8. The quantitative estimate of drug-likeness (QED) is 0.144. The number of nitro benzene ring substituents is 1. The second-order valence-electron chi connectivity index (χ2n) is 6.73. The molecule has 162 valence electrons. The van der Waals surface area contributed by atoms with Gasteiger partial charge in [0.15, 0.2) is 0 Å². The first-order chi connectivity index (χ1) is 14.8. The first kappa shape index (κ1) is 21.9. The van der Waals surface area contributed by atoms with E-state index in [2.05, 4.69) is 0 Å². The van der Waals surface area contributed by atoms with Crippen LogP contribution >= 0.6 is 0 Å². The third kappa shape index (κ3) is 4.55. The monoisotopic (exact) mass is 428 g/mol. The van der Waals surface area contributed by atoms with Gasteiger partial charge >= 0.3 is 0 Å². The van der Waals surface area contributed by atoms with Crippen molar-refractivity contribution in [3.05, 3.63) is 75.3 Å². The molecule has 0 aliphatic carbocycles. The molecule has 0 saturated carbocycles. The molecule has 0 bridgehead atoms. The predicted octanol–water partition coefficient (Wildman–Crippen LogP) is 1.73. The first-order valence-corrected chi connectivity index (χ1v) is 9.36. The number of non-ortho nitro benzene ring substituents is 1. The van der Waals surface area contributed by atoms with Gasteiger partial charge in [-0.15, -0.1) is 0 Å². The van der Waals surface area contributed by atoms with Crippen molar-refractivity contribution in [2.75, 3.05) is 26.4 Å². The van der Waals surface area contributed by atoms with E-state index in [0.717, 1.165) is 0 Å². The summed E-state index contributed by atoms with van der Waals surface area (Å²) in [4.78, 5) is 37.0. The molecule has 1 heterocycles. The summed E-state index contributed by atoms with van der Waals surface area (Å²) in [7, 11) is 0. The number of rotatable bonds is 8. The molecule has 1 aliphatic heterocycles. The highest BCUT2D eigenvalue weighted by atomic mass is 16.6. The maximum Gasteiger partial charge on any atom is 0.295 e. The zero-order valence-electron chi connectivity index (χ0n) is 16.3. The number of ether oxygens (including phenoxy) is 1. The van der Waals surface area contributed by atoms with Crippen LogP contribution in [0.1, 0.15) is 17.2 Å². The van der Waals surface area contributed by atoms with Crippen molar-refractivity contribution < 1.29 is 34.6 Å². The average Bonchev–Trinajstić information content (AvgIpc) is 3.01. The van der Waals surface area contributed by atoms with Gasteiger partial charge < -0.3 is 25.0 Å². The Labute approximate surface area is 176 Å². The van der Waals surface area contributed by atoms with Gasteiger partial charge in [-0.1, -0.05) is 12.1 Å². The van der Waals surface area contributed by atoms with E-state index in [9.17, 15) is 29.9 Å². The molecular formula is C21H20N2O8.